The van der Waals surface area contributed by atoms with Crippen LogP contribution < -0.4 is 15.8 Å². The number of hydrogen-bond acceptors (Lipinski definition) is 6. The van der Waals surface area contributed by atoms with Gasteiger partial charge in [0.1, 0.15) is 17.2 Å². The second-order valence-corrected chi connectivity index (χ2v) is 7.19. The summed E-state index contributed by atoms with van der Waals surface area (Å²) in [5.41, 5.74) is 2.42. The number of likely N-dealkylation sites (N-methyl/N-ethyl adjacent to an activating group) is 1. The largest absolute Gasteiger partial charge is 0.465 e. The third-order valence-electron chi connectivity index (χ3n) is 5.19. The average Bonchev–Trinajstić information content (AvgIpc) is 3.14. The van der Waals surface area contributed by atoms with Gasteiger partial charge in [0.2, 0.25) is 0 Å². The molecule has 154 valence electrons. The van der Waals surface area contributed by atoms with Crippen LogP contribution >= 0.6 is 0 Å². The monoisotopic (exact) mass is 408 g/mol. The van der Waals surface area contributed by atoms with E-state index in [0.717, 1.165) is 5.56 Å². The van der Waals surface area contributed by atoms with Crippen LogP contribution in [-0.4, -0.2) is 36.2 Å². The number of pyridine rings is 2. The van der Waals surface area contributed by atoms with Crippen LogP contribution in [0.5, 0.6) is 0 Å². The van der Waals surface area contributed by atoms with Crippen LogP contribution in [0.15, 0.2) is 47.5 Å². The first-order valence-corrected chi connectivity index (χ1v) is 9.45. The number of aryl methyl sites for hydroxylation is 1. The summed E-state index contributed by atoms with van der Waals surface area (Å²) in [7, 11) is 3.18. The molecule has 0 radical (unpaired) electrons. The Morgan fingerprint density at radius 1 is 1.17 bits per heavy atom. The van der Waals surface area contributed by atoms with Crippen molar-refractivity contribution in [3.05, 3.63) is 70.0 Å². The maximum atomic E-state index is 14.6. The Bertz CT molecular complexity index is 1210. The third kappa shape index (κ3) is 3.30. The Morgan fingerprint density at radius 2 is 1.97 bits per heavy atom. The highest BCUT2D eigenvalue weighted by molar-refractivity contribution is 5.96. The molecule has 0 bridgehead atoms. The smallest absolute Gasteiger partial charge is 0.341 e. The second kappa shape index (κ2) is 7.62. The number of esters is 1. The molecule has 0 aliphatic carbocycles. The lowest BCUT2D eigenvalue weighted by Crippen LogP contribution is -2.22. The van der Waals surface area contributed by atoms with E-state index in [4.69, 9.17) is 4.74 Å². The number of carbonyl (C=O) groups is 1. The maximum absolute atomic E-state index is 14.6. The molecule has 1 aromatic carbocycles. The van der Waals surface area contributed by atoms with Crippen molar-refractivity contribution >= 4 is 23.2 Å². The zero-order valence-corrected chi connectivity index (χ0v) is 16.9. The molecule has 8 heteroatoms. The number of benzene rings is 1. The molecule has 0 amide bonds. The summed E-state index contributed by atoms with van der Waals surface area (Å²) >= 11 is 0. The van der Waals surface area contributed by atoms with E-state index in [0.29, 0.717) is 30.3 Å². The van der Waals surface area contributed by atoms with Crippen molar-refractivity contribution in [1.29, 1.82) is 0 Å². The van der Waals surface area contributed by atoms with E-state index >= 15 is 0 Å². The Morgan fingerprint density at radius 3 is 2.73 bits per heavy atom. The van der Waals surface area contributed by atoms with E-state index in [2.05, 4.69) is 10.3 Å². The number of nitrogens with zero attached hydrogens (tertiary/aromatic N) is 3. The van der Waals surface area contributed by atoms with Gasteiger partial charge in [-0.25, -0.2) is 9.18 Å². The number of nitrogens with one attached hydrogen (secondary N) is 1. The Hall–Kier alpha value is -3.68. The van der Waals surface area contributed by atoms with Gasteiger partial charge < -0.3 is 15.0 Å². The van der Waals surface area contributed by atoms with Crippen molar-refractivity contribution in [3.63, 3.8) is 0 Å². The van der Waals surface area contributed by atoms with Crippen LogP contribution in [0.2, 0.25) is 0 Å². The lowest BCUT2D eigenvalue weighted by molar-refractivity contribution is 0.0601. The van der Waals surface area contributed by atoms with Crippen molar-refractivity contribution in [2.75, 3.05) is 30.9 Å². The highest BCUT2D eigenvalue weighted by atomic mass is 19.1. The van der Waals surface area contributed by atoms with Gasteiger partial charge in [0.05, 0.1) is 24.0 Å². The van der Waals surface area contributed by atoms with Gasteiger partial charge in [-0.2, -0.15) is 0 Å². The molecule has 3 heterocycles. The number of rotatable bonds is 4. The predicted molar refractivity (Wildman–Crippen MR) is 113 cm³/mol. The molecule has 1 aliphatic rings. The standard InChI is InChI=1S/C22H21FN4O3/c1-13-4-5-17(23)14(10-13)15-11-19(20-26(2)8-9-27(20)21(15)28)25-18-6-7-24-12-16(18)22(29)30-3/h4-7,10-12H,8-9H2,1-3H3,(H,24,25). The summed E-state index contributed by atoms with van der Waals surface area (Å²) in [6, 6.07) is 7.97. The van der Waals surface area contributed by atoms with Gasteiger partial charge in [0.25, 0.3) is 5.56 Å². The van der Waals surface area contributed by atoms with Crippen molar-refractivity contribution in [2.45, 2.75) is 13.5 Å². The van der Waals surface area contributed by atoms with Crippen molar-refractivity contribution < 1.29 is 13.9 Å². The van der Waals surface area contributed by atoms with Gasteiger partial charge in [-0.1, -0.05) is 11.6 Å². The number of fused-ring (bicyclic) bond motifs is 1. The number of hydrogen-bond donors (Lipinski definition) is 1. The molecule has 0 saturated heterocycles. The summed E-state index contributed by atoms with van der Waals surface area (Å²) in [5.74, 6) is -0.326. The molecule has 0 unspecified atom stereocenters. The van der Waals surface area contributed by atoms with Gasteiger partial charge in [0, 0.05) is 38.1 Å². The Balaban J connectivity index is 1.91. The van der Waals surface area contributed by atoms with E-state index < -0.39 is 11.8 Å². The molecule has 0 fully saturated rings. The number of anilines is 3. The summed E-state index contributed by atoms with van der Waals surface area (Å²) in [6.07, 6.45) is 2.96. The van der Waals surface area contributed by atoms with Gasteiger partial charge in [-0.15, -0.1) is 0 Å². The van der Waals surface area contributed by atoms with E-state index in [1.165, 1.54) is 19.4 Å². The van der Waals surface area contributed by atoms with Crippen LogP contribution in [0.1, 0.15) is 15.9 Å². The highest BCUT2D eigenvalue weighted by Gasteiger charge is 2.25. The summed E-state index contributed by atoms with van der Waals surface area (Å²) in [5, 5.41) is 3.23. The normalized spacial score (nSPS) is 12.6. The molecule has 1 aliphatic heterocycles. The second-order valence-electron chi connectivity index (χ2n) is 7.19. The molecule has 0 atom stereocenters. The first-order chi connectivity index (χ1) is 14.4. The maximum Gasteiger partial charge on any atom is 0.341 e. The van der Waals surface area contributed by atoms with Crippen molar-refractivity contribution in [3.8, 4) is 11.1 Å². The topological polar surface area (TPSA) is 76.5 Å². The van der Waals surface area contributed by atoms with Gasteiger partial charge >= 0.3 is 5.97 Å². The Labute approximate surface area is 172 Å². The molecule has 2 aromatic heterocycles. The average molecular weight is 408 g/mol. The summed E-state index contributed by atoms with van der Waals surface area (Å²) in [4.78, 5) is 31.2. The number of ether oxygens (including phenoxy) is 1. The van der Waals surface area contributed by atoms with Crippen LogP contribution in [0.25, 0.3) is 11.1 Å². The lowest BCUT2D eigenvalue weighted by Gasteiger charge is -2.20. The molecule has 1 N–H and O–H groups in total. The molecule has 30 heavy (non-hydrogen) atoms. The number of aromatic nitrogens is 2. The van der Waals surface area contributed by atoms with E-state index in [-0.39, 0.29) is 22.2 Å². The molecule has 0 saturated carbocycles. The number of carbonyl (C=O) groups excluding carboxylic acids is 1. The minimum Gasteiger partial charge on any atom is -0.465 e. The predicted octanol–water partition coefficient (Wildman–Crippen LogP) is 3.34. The fourth-order valence-electron chi connectivity index (χ4n) is 3.68. The first-order valence-electron chi connectivity index (χ1n) is 9.45. The van der Waals surface area contributed by atoms with Crippen LogP contribution in [-0.2, 0) is 11.3 Å². The molecule has 0 spiro atoms. The molecule has 7 nitrogen and oxygen atoms in total. The highest BCUT2D eigenvalue weighted by Crippen LogP contribution is 2.35. The van der Waals surface area contributed by atoms with Crippen LogP contribution in [0.4, 0.5) is 21.6 Å². The van der Waals surface area contributed by atoms with Crippen molar-refractivity contribution in [1.82, 2.24) is 9.55 Å². The summed E-state index contributed by atoms with van der Waals surface area (Å²) in [6.45, 7) is 2.98. The quantitative estimate of drug-likeness (QED) is 0.668. The molecular formula is C22H21FN4O3. The number of halogens is 1. The first kappa shape index (κ1) is 19.6. The minimum absolute atomic E-state index is 0.246. The zero-order valence-electron chi connectivity index (χ0n) is 16.9. The SMILES string of the molecule is COC(=O)c1cnccc1Nc1cc(-c2cc(C)ccc2F)c(=O)n2c1N(C)CC2. The lowest BCUT2D eigenvalue weighted by atomic mass is 10.0. The number of methoxy groups -OCH3 is 1. The van der Waals surface area contributed by atoms with Gasteiger partial charge in [0.15, 0.2) is 0 Å². The van der Waals surface area contributed by atoms with E-state index in [1.54, 1.807) is 35.0 Å². The van der Waals surface area contributed by atoms with E-state index in [9.17, 15) is 14.0 Å². The fourth-order valence-corrected chi connectivity index (χ4v) is 3.68. The minimum atomic E-state index is -0.534. The molecular weight excluding hydrogens is 387 g/mol. The summed E-state index contributed by atoms with van der Waals surface area (Å²) < 4.78 is 21.0. The molecule has 4 rings (SSSR count). The Kier molecular flexibility index (Phi) is 4.99. The van der Waals surface area contributed by atoms with Gasteiger partial charge in [-0.05, 0) is 31.2 Å². The van der Waals surface area contributed by atoms with Crippen molar-refractivity contribution in [2.24, 2.45) is 0 Å². The third-order valence-corrected chi connectivity index (χ3v) is 5.19. The fraction of sp³-hybridized carbons (Fsp3) is 0.227. The van der Waals surface area contributed by atoms with Gasteiger partial charge in [-0.3, -0.25) is 14.3 Å². The van der Waals surface area contributed by atoms with Crippen LogP contribution in [0, 0.1) is 12.7 Å². The van der Waals surface area contributed by atoms with Crippen LogP contribution in [0.3, 0.4) is 0 Å². The zero-order chi connectivity index (χ0) is 21.4. The molecule has 3 aromatic rings. The van der Waals surface area contributed by atoms with E-state index in [1.807, 2.05) is 18.9 Å².